The number of unbranched alkanes of at least 4 members (excludes halogenated alkanes) is 1. The summed E-state index contributed by atoms with van der Waals surface area (Å²) in [6.07, 6.45) is 9.64. The number of pyridine rings is 2. The highest BCUT2D eigenvalue weighted by Crippen LogP contribution is 2.28. The predicted molar refractivity (Wildman–Crippen MR) is 113 cm³/mol. The van der Waals surface area contributed by atoms with Gasteiger partial charge < -0.3 is 9.47 Å². The second kappa shape index (κ2) is 9.68. The van der Waals surface area contributed by atoms with E-state index in [1.165, 1.54) is 0 Å². The van der Waals surface area contributed by atoms with E-state index in [4.69, 9.17) is 9.47 Å². The van der Waals surface area contributed by atoms with Gasteiger partial charge in [0.1, 0.15) is 14.1 Å². The van der Waals surface area contributed by atoms with Crippen molar-refractivity contribution in [2.24, 2.45) is 14.1 Å². The first-order valence-electron chi connectivity index (χ1n) is 9.53. The molecule has 0 aliphatic rings. The van der Waals surface area contributed by atoms with Crippen molar-refractivity contribution in [2.75, 3.05) is 13.2 Å². The Bertz CT molecular complexity index is 1030. The Morgan fingerprint density at radius 2 is 1.20 bits per heavy atom. The molecule has 0 amide bonds. The van der Waals surface area contributed by atoms with Crippen molar-refractivity contribution in [1.29, 1.82) is 0 Å². The lowest BCUT2D eigenvalue weighted by atomic mass is 10.2. The van der Waals surface area contributed by atoms with Crippen LogP contribution in [0, 0.1) is 0 Å². The van der Waals surface area contributed by atoms with Crippen LogP contribution in [0.3, 0.4) is 0 Å². The van der Waals surface area contributed by atoms with Crippen LogP contribution in [0.1, 0.15) is 12.8 Å². The molecule has 8 nitrogen and oxygen atoms in total. The number of aryl methyl sites for hydroxylation is 2. The summed E-state index contributed by atoms with van der Waals surface area (Å²) < 4.78 is 33.0. The first kappa shape index (κ1) is 20.3. The molecular formula is C20H22N6O2S2+2. The minimum atomic E-state index is 0.553. The number of hydrogen-bond donors (Lipinski definition) is 0. The molecule has 4 heterocycles. The third kappa shape index (κ3) is 4.95. The number of aromatic nitrogens is 6. The summed E-state index contributed by atoms with van der Waals surface area (Å²) in [4.78, 5) is 0. The molecule has 154 valence electrons. The zero-order valence-electron chi connectivity index (χ0n) is 16.8. The molecule has 0 aliphatic heterocycles. The first-order valence-corrected chi connectivity index (χ1v) is 11.0. The number of nitrogens with zero attached hydrogens (tertiary/aromatic N) is 6. The molecule has 4 aromatic rings. The molecule has 30 heavy (non-hydrogen) atoms. The Morgan fingerprint density at radius 3 is 1.63 bits per heavy atom. The fraction of sp³-hybridized carbons (Fsp3) is 0.300. The highest BCUT2D eigenvalue weighted by Gasteiger charge is 2.15. The van der Waals surface area contributed by atoms with Gasteiger partial charge in [-0.2, -0.15) is 8.75 Å². The van der Waals surface area contributed by atoms with E-state index in [1.54, 1.807) is 0 Å². The van der Waals surface area contributed by atoms with Crippen molar-refractivity contribution in [3.63, 3.8) is 0 Å². The third-order valence-electron chi connectivity index (χ3n) is 4.36. The third-order valence-corrected chi connectivity index (χ3v) is 5.38. The summed E-state index contributed by atoms with van der Waals surface area (Å²) in [6, 6.07) is 7.97. The van der Waals surface area contributed by atoms with E-state index in [2.05, 4.69) is 17.5 Å². The molecule has 0 bridgehead atoms. The van der Waals surface area contributed by atoms with Crippen LogP contribution in [0.4, 0.5) is 0 Å². The number of hydrogen-bond acceptors (Lipinski definition) is 8. The molecule has 4 rings (SSSR count). The van der Waals surface area contributed by atoms with Crippen LogP contribution >= 0.6 is 23.5 Å². The zero-order valence-corrected chi connectivity index (χ0v) is 18.4. The molecular weight excluding hydrogens is 420 g/mol. The Balaban J connectivity index is 1.25. The second-order valence-corrected chi connectivity index (χ2v) is 7.81. The molecule has 0 saturated heterocycles. The van der Waals surface area contributed by atoms with Crippen LogP contribution in [0.15, 0.2) is 49.1 Å². The smallest absolute Gasteiger partial charge is 0.254 e. The molecule has 0 fully saturated rings. The van der Waals surface area contributed by atoms with Gasteiger partial charge in [0.2, 0.25) is 0 Å². The van der Waals surface area contributed by atoms with Crippen LogP contribution in [-0.2, 0) is 14.1 Å². The molecule has 10 heteroatoms. The Labute approximate surface area is 183 Å². The molecule has 0 spiro atoms. The lowest BCUT2D eigenvalue weighted by Crippen LogP contribution is -2.26. The maximum Gasteiger partial charge on any atom is 0.254 e. The summed E-state index contributed by atoms with van der Waals surface area (Å²) in [5.41, 5.74) is 3.54. The van der Waals surface area contributed by atoms with Gasteiger partial charge in [-0.1, -0.05) is 0 Å². The Hall–Kier alpha value is -2.98. The van der Waals surface area contributed by atoms with E-state index in [9.17, 15) is 0 Å². The lowest BCUT2D eigenvalue weighted by Gasteiger charge is -2.06. The van der Waals surface area contributed by atoms with Crippen LogP contribution in [-0.4, -0.2) is 30.7 Å². The predicted octanol–water partition coefficient (Wildman–Crippen LogP) is 2.61. The molecule has 0 aromatic carbocycles. The fourth-order valence-electron chi connectivity index (χ4n) is 2.90. The van der Waals surface area contributed by atoms with Gasteiger partial charge in [0.05, 0.1) is 47.8 Å². The minimum absolute atomic E-state index is 0.553. The average molecular weight is 443 g/mol. The van der Waals surface area contributed by atoms with Crippen molar-refractivity contribution in [2.45, 2.75) is 12.8 Å². The van der Waals surface area contributed by atoms with E-state index in [-0.39, 0.29) is 0 Å². The first-order chi connectivity index (χ1) is 14.7. The van der Waals surface area contributed by atoms with E-state index in [1.807, 2.05) is 72.3 Å². The van der Waals surface area contributed by atoms with Gasteiger partial charge in [-0.15, -0.1) is 8.75 Å². The molecule has 4 aromatic heterocycles. The van der Waals surface area contributed by atoms with Gasteiger partial charge in [0, 0.05) is 12.1 Å². The van der Waals surface area contributed by atoms with Gasteiger partial charge in [-0.05, 0) is 25.0 Å². The minimum Gasteiger partial charge on any atom is -0.475 e. The summed E-state index contributed by atoms with van der Waals surface area (Å²) in [6.45, 7) is 1.11. The Morgan fingerprint density at radius 1 is 0.733 bits per heavy atom. The summed E-state index contributed by atoms with van der Waals surface area (Å²) >= 11 is 2.32. The Kier molecular flexibility index (Phi) is 6.55. The van der Waals surface area contributed by atoms with Crippen LogP contribution in [0.5, 0.6) is 11.8 Å². The molecule has 0 aliphatic carbocycles. The van der Waals surface area contributed by atoms with Gasteiger partial charge in [0.15, 0.2) is 36.2 Å². The van der Waals surface area contributed by atoms with Crippen LogP contribution in [0.2, 0.25) is 0 Å². The fourth-order valence-corrected chi connectivity index (χ4v) is 3.94. The van der Waals surface area contributed by atoms with Gasteiger partial charge in [-0.3, -0.25) is 0 Å². The van der Waals surface area contributed by atoms with Crippen molar-refractivity contribution < 1.29 is 18.6 Å². The summed E-state index contributed by atoms with van der Waals surface area (Å²) in [5, 5.41) is 0. The lowest BCUT2D eigenvalue weighted by molar-refractivity contribution is -0.671. The van der Waals surface area contributed by atoms with Gasteiger partial charge in [-0.25, -0.2) is 9.13 Å². The topological polar surface area (TPSA) is 77.8 Å². The molecule has 0 N–H and O–H groups in total. The number of ether oxygens (including phenoxy) is 2. The highest BCUT2D eigenvalue weighted by molar-refractivity contribution is 6.99. The van der Waals surface area contributed by atoms with E-state index in [0.29, 0.717) is 25.0 Å². The number of rotatable bonds is 9. The summed E-state index contributed by atoms with van der Waals surface area (Å²) in [5.74, 6) is 1.16. The van der Waals surface area contributed by atoms with Crippen molar-refractivity contribution in [3.8, 4) is 34.3 Å². The van der Waals surface area contributed by atoms with Crippen molar-refractivity contribution in [3.05, 3.63) is 49.1 Å². The largest absolute Gasteiger partial charge is 0.475 e. The average Bonchev–Trinajstić information content (AvgIpc) is 3.40. The van der Waals surface area contributed by atoms with Crippen molar-refractivity contribution in [1.82, 2.24) is 17.5 Å². The SMILES string of the molecule is C[n+]1cccc(-c2nsnc2OCCCCOc2nsnc2-c2ccc[n+](C)c2)c1. The monoisotopic (exact) mass is 442 g/mol. The second-order valence-electron chi connectivity index (χ2n) is 6.76. The molecule has 0 unspecified atom stereocenters. The van der Waals surface area contributed by atoms with Gasteiger partial charge in [0.25, 0.3) is 11.8 Å². The van der Waals surface area contributed by atoms with Gasteiger partial charge >= 0.3 is 0 Å². The maximum absolute atomic E-state index is 5.86. The normalized spacial score (nSPS) is 10.9. The van der Waals surface area contributed by atoms with E-state index >= 15 is 0 Å². The van der Waals surface area contributed by atoms with E-state index < -0.39 is 0 Å². The standard InChI is InChI=1S/C20H22N6O2S2/c1-25-9-5-7-15(13-25)17-19(23-29-21-17)27-11-3-4-12-28-20-18(22-30-24-20)16-8-6-10-26(2)14-16/h5-10,13-14H,3-4,11-12H2,1-2H3/q+2. The van der Waals surface area contributed by atoms with Crippen LogP contribution < -0.4 is 18.6 Å². The van der Waals surface area contributed by atoms with Crippen LogP contribution in [0.25, 0.3) is 22.5 Å². The molecule has 0 saturated carbocycles. The highest BCUT2D eigenvalue weighted by atomic mass is 32.1. The zero-order chi connectivity index (χ0) is 20.8. The molecule has 0 radical (unpaired) electrons. The molecule has 0 atom stereocenters. The van der Waals surface area contributed by atoms with Crippen molar-refractivity contribution >= 4 is 23.5 Å². The van der Waals surface area contributed by atoms with E-state index in [0.717, 1.165) is 58.8 Å². The quantitative estimate of drug-likeness (QED) is 0.293. The summed E-state index contributed by atoms with van der Waals surface area (Å²) in [7, 11) is 3.95. The maximum atomic E-state index is 5.86.